The minimum absolute atomic E-state index is 0. The van der Waals surface area contributed by atoms with Crippen molar-refractivity contribution in [3.05, 3.63) is 37.8 Å². The van der Waals surface area contributed by atoms with E-state index in [0.29, 0.717) is 0 Å². The molecule has 0 aliphatic carbocycles. The number of rotatable bonds is 2. The van der Waals surface area contributed by atoms with Crippen LogP contribution in [0.4, 0.5) is 18.9 Å². The molecule has 11 heteroatoms. The number of nitro groups is 1. The summed E-state index contributed by atoms with van der Waals surface area (Å²) in [4.78, 5) is 31.7. The van der Waals surface area contributed by atoms with Gasteiger partial charge in [0.05, 0.1) is 4.92 Å². The molecule has 7 nitrogen and oxygen atoms in total. The third-order valence-electron chi connectivity index (χ3n) is 1.74. The Balaban J connectivity index is 0.00000289. The van der Waals surface area contributed by atoms with Crippen LogP contribution in [0.25, 0.3) is 0 Å². The molecule has 1 rings (SSSR count). The molecule has 0 unspecified atom stereocenters. The van der Waals surface area contributed by atoms with Crippen molar-refractivity contribution in [1.82, 2.24) is 4.98 Å². The average molecular weight is 438 g/mol. The zero-order chi connectivity index (χ0) is 13.4. The van der Waals surface area contributed by atoms with Gasteiger partial charge in [-0.05, 0) is 0 Å². The molecule has 0 aliphatic heterocycles. The summed E-state index contributed by atoms with van der Waals surface area (Å²) < 4.78 is 36.7. The number of carbonyl (C=O) groups is 1. The quantitative estimate of drug-likeness (QED) is 0.529. The molecule has 2 N–H and O–H groups in total. The van der Waals surface area contributed by atoms with E-state index in [-0.39, 0.29) is 26.5 Å². The van der Waals surface area contributed by atoms with Crippen molar-refractivity contribution < 1.29 is 48.4 Å². The van der Waals surface area contributed by atoms with Gasteiger partial charge in [0.25, 0.3) is 5.56 Å². The van der Waals surface area contributed by atoms with E-state index in [1.807, 2.05) is 0 Å². The van der Waals surface area contributed by atoms with Gasteiger partial charge in [-0.1, -0.05) is 0 Å². The summed E-state index contributed by atoms with van der Waals surface area (Å²) in [6.07, 6.45) is -5.10. The molecule has 1 aromatic rings. The Kier molecular flexibility index (Phi) is 4.77. The fourth-order valence-corrected chi connectivity index (χ4v) is 1.04. The van der Waals surface area contributed by atoms with Gasteiger partial charge in [0.1, 0.15) is 5.56 Å². The van der Waals surface area contributed by atoms with Crippen LogP contribution in [0.5, 0.6) is 0 Å². The third-order valence-corrected chi connectivity index (χ3v) is 1.74. The van der Waals surface area contributed by atoms with Crippen molar-refractivity contribution >= 4 is 11.7 Å². The standard InChI is InChI=1S/C7H3F3N2O5.Re/c8-7(9,10)2-1-3(12(16)17)4(6(14)15)11-5(2)13;/h1H,(H,11,13)(H,14,15);. The molecule has 0 atom stereocenters. The van der Waals surface area contributed by atoms with Crippen molar-refractivity contribution in [1.29, 1.82) is 0 Å². The molecule has 0 aliphatic rings. The average Bonchev–Trinajstić information content (AvgIpc) is 2.14. The van der Waals surface area contributed by atoms with E-state index in [1.165, 1.54) is 4.98 Å². The summed E-state index contributed by atoms with van der Waals surface area (Å²) in [7, 11) is 0. The fourth-order valence-electron chi connectivity index (χ4n) is 1.04. The van der Waals surface area contributed by atoms with Gasteiger partial charge in [-0.3, -0.25) is 14.9 Å². The predicted molar refractivity (Wildman–Crippen MR) is 45.7 cm³/mol. The number of alkyl halides is 3. The number of halogens is 3. The van der Waals surface area contributed by atoms with Crippen molar-refractivity contribution in [2.45, 2.75) is 6.18 Å². The number of nitrogens with zero attached hydrogens (tertiary/aromatic N) is 1. The molecule has 0 bridgehead atoms. The Morgan fingerprint density at radius 3 is 2.28 bits per heavy atom. The maximum atomic E-state index is 12.2. The predicted octanol–water partition coefficient (Wildman–Crippen LogP) is 0.998. The zero-order valence-corrected chi connectivity index (χ0v) is 10.8. The normalized spacial score (nSPS) is 10.6. The largest absolute Gasteiger partial charge is 0.476 e. The number of carboxylic acid groups (broad SMARTS) is 1. The molecule has 0 aromatic carbocycles. The van der Waals surface area contributed by atoms with Crippen molar-refractivity contribution in [3.8, 4) is 0 Å². The zero-order valence-electron chi connectivity index (χ0n) is 8.12. The number of aromatic carboxylic acids is 1. The van der Waals surface area contributed by atoms with Gasteiger partial charge in [-0.25, -0.2) is 4.79 Å². The Bertz CT molecular complexity index is 553. The number of pyridine rings is 1. The summed E-state index contributed by atoms with van der Waals surface area (Å²) in [6.45, 7) is 0. The molecule has 99 valence electrons. The SMILES string of the molecule is O=C(O)c1[nH]c(=O)c(C(F)(F)F)cc1[N+](=O)[O-].[Re]. The maximum absolute atomic E-state index is 12.2. The van der Waals surface area contributed by atoms with Crippen LogP contribution >= 0.6 is 0 Å². The van der Waals surface area contributed by atoms with Crippen LogP contribution in [0.15, 0.2) is 10.9 Å². The Morgan fingerprint density at radius 1 is 1.44 bits per heavy atom. The molecule has 1 aromatic heterocycles. The van der Waals surface area contributed by atoms with Crippen LogP contribution in [-0.4, -0.2) is 21.0 Å². The second-order valence-electron chi connectivity index (χ2n) is 2.83. The monoisotopic (exact) mass is 439 g/mol. The minimum Gasteiger partial charge on any atom is -0.476 e. The van der Waals surface area contributed by atoms with E-state index in [4.69, 9.17) is 5.11 Å². The van der Waals surface area contributed by atoms with Gasteiger partial charge in [0.15, 0.2) is 0 Å². The molecule has 1 radical (unpaired) electrons. The van der Waals surface area contributed by atoms with Crippen LogP contribution in [0.2, 0.25) is 0 Å². The summed E-state index contributed by atoms with van der Waals surface area (Å²) >= 11 is 0. The molecule has 0 saturated heterocycles. The summed E-state index contributed by atoms with van der Waals surface area (Å²) in [5.74, 6) is -1.90. The van der Waals surface area contributed by atoms with Crippen LogP contribution in [0.3, 0.4) is 0 Å². The van der Waals surface area contributed by atoms with Gasteiger partial charge in [0, 0.05) is 26.5 Å². The second kappa shape index (κ2) is 5.28. The number of hydrogen-bond acceptors (Lipinski definition) is 4. The molecule has 0 amide bonds. The van der Waals surface area contributed by atoms with Gasteiger partial charge in [-0.2, -0.15) is 13.2 Å². The van der Waals surface area contributed by atoms with E-state index < -0.39 is 39.6 Å². The third kappa shape index (κ3) is 3.15. The first-order chi connectivity index (χ1) is 7.64. The van der Waals surface area contributed by atoms with E-state index in [1.54, 1.807) is 0 Å². The minimum atomic E-state index is -5.10. The molecular weight excluding hydrogens is 435 g/mol. The number of H-pyrrole nitrogens is 1. The van der Waals surface area contributed by atoms with E-state index >= 15 is 0 Å². The molecule has 0 saturated carbocycles. The number of aromatic amines is 1. The fraction of sp³-hybridized carbons (Fsp3) is 0.143. The van der Waals surface area contributed by atoms with Crippen molar-refractivity contribution in [2.24, 2.45) is 0 Å². The van der Waals surface area contributed by atoms with Gasteiger partial charge < -0.3 is 10.1 Å². The molecular formula is C7H3F3N2O5Re. The van der Waals surface area contributed by atoms with Crippen molar-refractivity contribution in [2.75, 3.05) is 0 Å². The molecule has 1 heterocycles. The van der Waals surface area contributed by atoms with Crippen molar-refractivity contribution in [3.63, 3.8) is 0 Å². The van der Waals surface area contributed by atoms with E-state index in [9.17, 15) is 32.9 Å². The molecule has 0 spiro atoms. The Hall–Kier alpha value is -1.73. The molecule has 18 heavy (non-hydrogen) atoms. The smallest absolute Gasteiger partial charge is 0.421 e. The summed E-state index contributed by atoms with van der Waals surface area (Å²) in [5.41, 5.74) is -6.10. The number of nitrogens with one attached hydrogen (secondary N) is 1. The summed E-state index contributed by atoms with van der Waals surface area (Å²) in [5, 5.41) is 18.8. The first-order valence-corrected chi connectivity index (χ1v) is 3.86. The van der Waals surface area contributed by atoms with E-state index in [0.717, 1.165) is 0 Å². The Morgan fingerprint density at radius 2 is 1.94 bits per heavy atom. The number of carboxylic acids is 1. The second-order valence-corrected chi connectivity index (χ2v) is 2.83. The van der Waals surface area contributed by atoms with Crippen LogP contribution < -0.4 is 5.56 Å². The van der Waals surface area contributed by atoms with Crippen LogP contribution in [0, 0.1) is 10.1 Å². The number of hydrogen-bond donors (Lipinski definition) is 2. The first-order valence-electron chi connectivity index (χ1n) is 3.86. The Labute approximate surface area is 109 Å². The first kappa shape index (κ1) is 16.3. The van der Waals surface area contributed by atoms with Gasteiger partial charge >= 0.3 is 17.8 Å². The van der Waals surface area contributed by atoms with Gasteiger partial charge in [0.2, 0.25) is 5.69 Å². The molecule has 0 fully saturated rings. The van der Waals surface area contributed by atoms with Crippen LogP contribution in [0.1, 0.15) is 16.1 Å². The van der Waals surface area contributed by atoms with E-state index in [2.05, 4.69) is 0 Å². The van der Waals surface area contributed by atoms with Crippen LogP contribution in [-0.2, 0) is 26.6 Å². The summed E-state index contributed by atoms with van der Waals surface area (Å²) in [6, 6.07) is -0.109. The topological polar surface area (TPSA) is 113 Å². The maximum Gasteiger partial charge on any atom is 0.421 e. The number of aromatic nitrogens is 1. The van der Waals surface area contributed by atoms with Gasteiger partial charge in [-0.15, -0.1) is 0 Å².